The summed E-state index contributed by atoms with van der Waals surface area (Å²) in [7, 11) is 1.76. The molecule has 1 atom stereocenters. The van der Waals surface area contributed by atoms with Crippen LogP contribution in [0, 0.1) is 11.6 Å². The maximum atomic E-state index is 13.1. The Bertz CT molecular complexity index is 497. The van der Waals surface area contributed by atoms with Crippen molar-refractivity contribution in [3.8, 4) is 0 Å². The van der Waals surface area contributed by atoms with Crippen molar-refractivity contribution in [2.75, 3.05) is 7.05 Å². The second-order valence-corrected chi connectivity index (χ2v) is 3.71. The molecule has 4 heteroatoms. The Kier molecular flexibility index (Phi) is 3.44. The smallest absolute Gasteiger partial charge is 0.141 e. The van der Waals surface area contributed by atoms with Gasteiger partial charge in [-0.15, -0.1) is 0 Å². The maximum absolute atomic E-state index is 13.1. The Balaban J connectivity index is 2.36. The van der Waals surface area contributed by atoms with E-state index in [1.54, 1.807) is 25.4 Å². The average molecular weight is 234 g/mol. The number of nitrogens with one attached hydrogen (secondary N) is 1. The lowest BCUT2D eigenvalue weighted by Crippen LogP contribution is -2.18. The van der Waals surface area contributed by atoms with Gasteiger partial charge in [0.15, 0.2) is 0 Å². The number of nitrogens with zero attached hydrogens (tertiary/aromatic N) is 1. The number of aromatic nitrogens is 1. The lowest BCUT2D eigenvalue weighted by Gasteiger charge is -2.16. The van der Waals surface area contributed by atoms with Gasteiger partial charge in [0.1, 0.15) is 11.6 Å². The molecule has 0 fully saturated rings. The average Bonchev–Trinajstić information content (AvgIpc) is 2.33. The van der Waals surface area contributed by atoms with Gasteiger partial charge in [-0.05, 0) is 36.4 Å². The van der Waals surface area contributed by atoms with E-state index in [1.807, 2.05) is 0 Å². The molecule has 17 heavy (non-hydrogen) atoms. The molecule has 1 unspecified atom stereocenters. The Morgan fingerprint density at radius 2 is 1.71 bits per heavy atom. The molecule has 88 valence electrons. The SMILES string of the molecule is CNC(c1ccc(F)cc1)c1cncc(F)c1. The van der Waals surface area contributed by atoms with E-state index < -0.39 is 0 Å². The van der Waals surface area contributed by atoms with E-state index in [1.165, 1.54) is 18.2 Å². The van der Waals surface area contributed by atoms with Crippen molar-refractivity contribution in [2.24, 2.45) is 0 Å². The molecule has 1 N–H and O–H groups in total. The fraction of sp³-hybridized carbons (Fsp3) is 0.154. The third-order valence-electron chi connectivity index (χ3n) is 2.55. The molecule has 0 saturated carbocycles. The van der Waals surface area contributed by atoms with Crippen LogP contribution in [0.2, 0.25) is 0 Å². The third-order valence-corrected chi connectivity index (χ3v) is 2.55. The monoisotopic (exact) mass is 234 g/mol. The van der Waals surface area contributed by atoms with Crippen LogP contribution in [0.25, 0.3) is 0 Å². The second kappa shape index (κ2) is 5.01. The largest absolute Gasteiger partial charge is 0.309 e. The first-order valence-electron chi connectivity index (χ1n) is 5.24. The summed E-state index contributed by atoms with van der Waals surface area (Å²) >= 11 is 0. The van der Waals surface area contributed by atoms with Gasteiger partial charge in [-0.2, -0.15) is 0 Å². The Morgan fingerprint density at radius 3 is 2.29 bits per heavy atom. The molecule has 0 amide bonds. The molecule has 2 aromatic rings. The number of hydrogen-bond donors (Lipinski definition) is 1. The standard InChI is InChI=1S/C13H12F2N2/c1-16-13(9-2-4-11(14)5-3-9)10-6-12(15)8-17-7-10/h2-8,13,16H,1H3. The van der Waals surface area contributed by atoms with Crippen LogP contribution in [0.1, 0.15) is 17.2 Å². The van der Waals surface area contributed by atoms with Gasteiger partial charge in [-0.1, -0.05) is 12.1 Å². The first kappa shape index (κ1) is 11.7. The van der Waals surface area contributed by atoms with Crippen LogP contribution in [-0.4, -0.2) is 12.0 Å². The molecule has 2 rings (SSSR count). The minimum atomic E-state index is -0.384. The highest BCUT2D eigenvalue weighted by Gasteiger charge is 2.12. The normalized spacial score (nSPS) is 12.4. The quantitative estimate of drug-likeness (QED) is 0.883. The zero-order valence-corrected chi connectivity index (χ0v) is 9.32. The summed E-state index contributed by atoms with van der Waals surface area (Å²) in [6.07, 6.45) is 2.74. The number of halogens is 2. The molecule has 0 aliphatic carbocycles. The number of benzene rings is 1. The lowest BCUT2D eigenvalue weighted by atomic mass is 10.0. The fourth-order valence-corrected chi connectivity index (χ4v) is 1.77. The van der Waals surface area contributed by atoms with Crippen molar-refractivity contribution in [3.05, 3.63) is 65.5 Å². The van der Waals surface area contributed by atoms with Crippen molar-refractivity contribution < 1.29 is 8.78 Å². The van der Waals surface area contributed by atoms with E-state index in [0.717, 1.165) is 11.8 Å². The molecule has 1 aromatic carbocycles. The first-order chi connectivity index (χ1) is 8.20. The van der Waals surface area contributed by atoms with Crippen molar-refractivity contribution >= 4 is 0 Å². The van der Waals surface area contributed by atoms with Gasteiger partial charge in [-0.3, -0.25) is 4.98 Å². The minimum Gasteiger partial charge on any atom is -0.309 e. The Hall–Kier alpha value is -1.81. The topological polar surface area (TPSA) is 24.9 Å². The molecule has 1 heterocycles. The highest BCUT2D eigenvalue weighted by molar-refractivity contribution is 5.30. The summed E-state index contributed by atoms with van der Waals surface area (Å²) < 4.78 is 25.9. The summed E-state index contributed by atoms with van der Waals surface area (Å²) in [6, 6.07) is 7.32. The summed E-state index contributed by atoms with van der Waals surface area (Å²) in [5.74, 6) is -0.675. The zero-order chi connectivity index (χ0) is 12.3. The van der Waals surface area contributed by atoms with Crippen molar-refractivity contribution in [3.63, 3.8) is 0 Å². The van der Waals surface area contributed by atoms with Gasteiger partial charge in [0.25, 0.3) is 0 Å². The third kappa shape index (κ3) is 2.65. The predicted octanol–water partition coefficient (Wildman–Crippen LogP) is 2.67. The van der Waals surface area contributed by atoms with Gasteiger partial charge < -0.3 is 5.32 Å². The molecular formula is C13H12F2N2. The van der Waals surface area contributed by atoms with Gasteiger partial charge in [-0.25, -0.2) is 8.78 Å². The fourth-order valence-electron chi connectivity index (χ4n) is 1.77. The molecule has 0 aliphatic heterocycles. The van der Waals surface area contributed by atoms with Crippen molar-refractivity contribution in [1.82, 2.24) is 10.3 Å². The highest BCUT2D eigenvalue weighted by atomic mass is 19.1. The molecule has 2 nitrogen and oxygen atoms in total. The van der Waals surface area contributed by atoms with E-state index in [9.17, 15) is 8.78 Å². The van der Waals surface area contributed by atoms with Crippen LogP contribution in [0.4, 0.5) is 8.78 Å². The zero-order valence-electron chi connectivity index (χ0n) is 9.32. The first-order valence-corrected chi connectivity index (χ1v) is 5.24. The number of rotatable bonds is 3. The van der Waals surface area contributed by atoms with Crippen LogP contribution < -0.4 is 5.32 Å². The van der Waals surface area contributed by atoms with E-state index in [-0.39, 0.29) is 17.7 Å². The van der Waals surface area contributed by atoms with Gasteiger partial charge >= 0.3 is 0 Å². The Labute approximate surface area is 98.3 Å². The maximum Gasteiger partial charge on any atom is 0.141 e. The van der Waals surface area contributed by atoms with Crippen LogP contribution in [0.3, 0.4) is 0 Å². The van der Waals surface area contributed by atoms with E-state index in [2.05, 4.69) is 10.3 Å². The molecular weight excluding hydrogens is 222 g/mol. The van der Waals surface area contributed by atoms with Crippen molar-refractivity contribution in [1.29, 1.82) is 0 Å². The van der Waals surface area contributed by atoms with Gasteiger partial charge in [0, 0.05) is 6.20 Å². The Morgan fingerprint density at radius 1 is 1.00 bits per heavy atom. The molecule has 0 saturated heterocycles. The highest BCUT2D eigenvalue weighted by Crippen LogP contribution is 2.21. The van der Waals surface area contributed by atoms with Gasteiger partial charge in [0.05, 0.1) is 12.2 Å². The summed E-state index contributed by atoms with van der Waals surface area (Å²) in [4.78, 5) is 3.81. The predicted molar refractivity (Wildman–Crippen MR) is 61.5 cm³/mol. The molecule has 0 spiro atoms. The van der Waals surface area contributed by atoms with E-state index >= 15 is 0 Å². The van der Waals surface area contributed by atoms with Crippen LogP contribution in [-0.2, 0) is 0 Å². The van der Waals surface area contributed by atoms with Crippen molar-refractivity contribution in [2.45, 2.75) is 6.04 Å². The van der Waals surface area contributed by atoms with Crippen LogP contribution in [0.15, 0.2) is 42.7 Å². The van der Waals surface area contributed by atoms with Crippen LogP contribution >= 0.6 is 0 Å². The van der Waals surface area contributed by atoms with Gasteiger partial charge in [0.2, 0.25) is 0 Å². The molecule has 0 radical (unpaired) electrons. The van der Waals surface area contributed by atoms with E-state index in [4.69, 9.17) is 0 Å². The van der Waals surface area contributed by atoms with E-state index in [0.29, 0.717) is 5.56 Å². The molecule has 0 bridgehead atoms. The number of pyridine rings is 1. The molecule has 0 aliphatic rings. The lowest BCUT2D eigenvalue weighted by molar-refractivity contribution is 0.606. The summed E-state index contributed by atoms with van der Waals surface area (Å²) in [5, 5.41) is 3.05. The summed E-state index contributed by atoms with van der Waals surface area (Å²) in [6.45, 7) is 0. The summed E-state index contributed by atoms with van der Waals surface area (Å²) in [5.41, 5.74) is 1.57. The second-order valence-electron chi connectivity index (χ2n) is 3.71. The number of hydrogen-bond acceptors (Lipinski definition) is 2. The molecule has 1 aromatic heterocycles. The minimum absolute atomic E-state index is 0.196. The van der Waals surface area contributed by atoms with Crippen LogP contribution in [0.5, 0.6) is 0 Å².